The molecule has 1 aromatic heterocycles. The lowest BCUT2D eigenvalue weighted by Crippen LogP contribution is -2.42. The van der Waals surface area contributed by atoms with Crippen LogP contribution in [0.3, 0.4) is 0 Å². The average molecular weight is 560 g/mol. The molecule has 10 nitrogen and oxygen atoms in total. The number of aliphatic hydroxyl groups excluding tert-OH is 1. The second-order valence-corrected chi connectivity index (χ2v) is 9.68. The molecule has 3 N–H and O–H groups in total. The van der Waals surface area contributed by atoms with Crippen molar-refractivity contribution in [3.8, 4) is 11.6 Å². The van der Waals surface area contributed by atoms with Crippen LogP contribution in [-0.4, -0.2) is 91.6 Å². The third kappa shape index (κ3) is 7.13. The number of nitrogens with one attached hydrogen (secondary N) is 2. The van der Waals surface area contributed by atoms with Crippen molar-refractivity contribution in [2.75, 3.05) is 59.0 Å². The van der Waals surface area contributed by atoms with Gasteiger partial charge in [-0.2, -0.15) is 0 Å². The minimum Gasteiger partial charge on any atom is -0.474 e. The summed E-state index contributed by atoms with van der Waals surface area (Å²) in [6, 6.07) is 12.2. The van der Waals surface area contributed by atoms with E-state index in [0.717, 1.165) is 6.07 Å². The fraction of sp³-hybridized carbons (Fsp3) is 0.429. The van der Waals surface area contributed by atoms with Crippen LogP contribution in [0.2, 0.25) is 0 Å². The van der Waals surface area contributed by atoms with Crippen molar-refractivity contribution < 1.29 is 32.9 Å². The van der Waals surface area contributed by atoms with Crippen LogP contribution in [0.4, 0.5) is 19.4 Å². The molecule has 0 bridgehead atoms. The Labute approximate surface area is 231 Å². The number of halogens is 2. The third-order valence-electron chi connectivity index (χ3n) is 6.78. The van der Waals surface area contributed by atoms with Crippen molar-refractivity contribution in [3.05, 3.63) is 71.3 Å². The lowest BCUT2D eigenvalue weighted by atomic mass is 9.94. The number of hydrogen-bond acceptors (Lipinski definition) is 7. The SMILES string of the molecule is COCCN1C[C@@H](NC(=O)Nc2c(C)c(OC[C@@H](O)COC)nn2-c2ccccc2)[C@H](c2ccc(F)c(F)c2)C1. The largest absolute Gasteiger partial charge is 0.474 e. The van der Waals surface area contributed by atoms with E-state index >= 15 is 0 Å². The Morgan fingerprint density at radius 2 is 1.88 bits per heavy atom. The maximum absolute atomic E-state index is 14.1. The minimum absolute atomic E-state index is 0.0403. The molecule has 1 fully saturated rings. The van der Waals surface area contributed by atoms with Gasteiger partial charge in [0.1, 0.15) is 18.5 Å². The average Bonchev–Trinajstić information content (AvgIpc) is 3.48. The number of carbonyl (C=O) groups excluding carboxylic acids is 1. The summed E-state index contributed by atoms with van der Waals surface area (Å²) < 4.78 is 45.1. The minimum atomic E-state index is -0.929. The highest BCUT2D eigenvalue weighted by Crippen LogP contribution is 2.31. The molecule has 2 amide bonds. The smallest absolute Gasteiger partial charge is 0.320 e. The van der Waals surface area contributed by atoms with Crippen LogP contribution < -0.4 is 15.4 Å². The number of amides is 2. The number of ether oxygens (including phenoxy) is 3. The standard InChI is InChI=1S/C28H35F2N5O5/c1-18-26(35(20-7-5-4-6-8-20)33-27(18)40-17-21(36)16-39-3)32-28(37)31-25-15-34(11-12-38-2)14-22(25)19-9-10-23(29)24(30)13-19/h4-10,13,21-22,25,36H,11-12,14-17H2,1-3H3,(H2,31,32,37)/t21-,22-,25+/m0/s1. The quantitative estimate of drug-likeness (QED) is 0.313. The summed E-state index contributed by atoms with van der Waals surface area (Å²) >= 11 is 0. The molecule has 2 heterocycles. The summed E-state index contributed by atoms with van der Waals surface area (Å²) in [6.45, 7) is 4.00. The fourth-order valence-electron chi connectivity index (χ4n) is 4.76. The normalized spacial score (nSPS) is 18.1. The number of methoxy groups -OCH3 is 2. The topological polar surface area (TPSA) is 110 Å². The summed E-state index contributed by atoms with van der Waals surface area (Å²) in [5.74, 6) is -1.47. The van der Waals surface area contributed by atoms with Crippen molar-refractivity contribution >= 4 is 11.8 Å². The van der Waals surface area contributed by atoms with E-state index in [1.54, 1.807) is 24.8 Å². The van der Waals surface area contributed by atoms with Gasteiger partial charge in [-0.15, -0.1) is 5.10 Å². The number of para-hydroxylation sites is 1. The predicted molar refractivity (Wildman–Crippen MR) is 145 cm³/mol. The van der Waals surface area contributed by atoms with Crippen LogP contribution >= 0.6 is 0 Å². The van der Waals surface area contributed by atoms with Crippen LogP contribution in [0.25, 0.3) is 5.69 Å². The van der Waals surface area contributed by atoms with E-state index in [1.165, 1.54) is 13.2 Å². The second kappa shape index (κ2) is 13.7. The molecule has 1 aliphatic heterocycles. The molecule has 0 radical (unpaired) electrons. The van der Waals surface area contributed by atoms with Gasteiger partial charge in [-0.3, -0.25) is 10.2 Å². The van der Waals surface area contributed by atoms with E-state index < -0.39 is 23.8 Å². The van der Waals surface area contributed by atoms with Crippen LogP contribution in [0, 0.1) is 18.6 Å². The Hall–Kier alpha value is -3.58. The molecular formula is C28H35F2N5O5. The zero-order chi connectivity index (χ0) is 28.6. The van der Waals surface area contributed by atoms with E-state index in [-0.39, 0.29) is 31.1 Å². The number of carbonyl (C=O) groups is 1. The monoisotopic (exact) mass is 559 g/mol. The van der Waals surface area contributed by atoms with Crippen LogP contribution in [0.15, 0.2) is 48.5 Å². The first-order valence-corrected chi connectivity index (χ1v) is 13.0. The van der Waals surface area contributed by atoms with Gasteiger partial charge in [0.25, 0.3) is 0 Å². The first-order chi connectivity index (χ1) is 19.3. The Kier molecular flexibility index (Phi) is 10.0. The fourth-order valence-corrected chi connectivity index (χ4v) is 4.76. The molecule has 0 spiro atoms. The number of anilines is 1. The molecule has 40 heavy (non-hydrogen) atoms. The number of benzene rings is 2. The molecule has 3 atom stereocenters. The second-order valence-electron chi connectivity index (χ2n) is 9.68. The maximum atomic E-state index is 14.1. The van der Waals surface area contributed by atoms with E-state index in [0.29, 0.717) is 48.9 Å². The molecule has 4 rings (SSSR count). The molecule has 1 aliphatic rings. The zero-order valence-electron chi connectivity index (χ0n) is 22.8. The predicted octanol–water partition coefficient (Wildman–Crippen LogP) is 3.08. The third-order valence-corrected chi connectivity index (χ3v) is 6.78. The van der Waals surface area contributed by atoms with E-state index in [4.69, 9.17) is 14.2 Å². The van der Waals surface area contributed by atoms with Crippen molar-refractivity contribution in [2.24, 2.45) is 0 Å². The van der Waals surface area contributed by atoms with Gasteiger partial charge in [-0.25, -0.2) is 18.3 Å². The summed E-state index contributed by atoms with van der Waals surface area (Å²) in [6.07, 6.45) is -0.845. The first kappa shape index (κ1) is 29.4. The molecule has 3 aromatic rings. The molecule has 2 aromatic carbocycles. The van der Waals surface area contributed by atoms with Gasteiger partial charge in [-0.05, 0) is 36.8 Å². The van der Waals surface area contributed by atoms with Gasteiger partial charge in [0.2, 0.25) is 5.88 Å². The summed E-state index contributed by atoms with van der Waals surface area (Å²) in [5, 5.41) is 20.4. The molecule has 12 heteroatoms. The number of aromatic nitrogens is 2. The van der Waals surface area contributed by atoms with E-state index in [2.05, 4.69) is 20.6 Å². The Morgan fingerprint density at radius 3 is 2.58 bits per heavy atom. The summed E-state index contributed by atoms with van der Waals surface area (Å²) in [7, 11) is 3.10. The van der Waals surface area contributed by atoms with Crippen molar-refractivity contribution in [2.45, 2.75) is 25.0 Å². The number of urea groups is 1. The highest BCUT2D eigenvalue weighted by atomic mass is 19.2. The molecule has 0 saturated carbocycles. The molecule has 1 saturated heterocycles. The number of nitrogens with zero attached hydrogens (tertiary/aromatic N) is 3. The van der Waals surface area contributed by atoms with Gasteiger partial charge in [0.15, 0.2) is 11.6 Å². The van der Waals surface area contributed by atoms with E-state index in [1.807, 2.05) is 30.3 Å². The molecule has 0 aliphatic carbocycles. The van der Waals surface area contributed by atoms with E-state index in [9.17, 15) is 18.7 Å². The zero-order valence-corrected chi connectivity index (χ0v) is 22.8. The van der Waals surface area contributed by atoms with Gasteiger partial charge in [0.05, 0.1) is 30.5 Å². The van der Waals surface area contributed by atoms with Crippen molar-refractivity contribution in [3.63, 3.8) is 0 Å². The van der Waals surface area contributed by atoms with Gasteiger partial charge < -0.3 is 24.6 Å². The van der Waals surface area contributed by atoms with Crippen LogP contribution in [0.5, 0.6) is 5.88 Å². The number of likely N-dealkylation sites (tertiary alicyclic amines) is 1. The van der Waals surface area contributed by atoms with Crippen molar-refractivity contribution in [1.82, 2.24) is 20.0 Å². The Bertz CT molecular complexity index is 1280. The van der Waals surface area contributed by atoms with Crippen LogP contribution in [0.1, 0.15) is 17.0 Å². The van der Waals surface area contributed by atoms with Crippen molar-refractivity contribution in [1.29, 1.82) is 0 Å². The van der Waals surface area contributed by atoms with Crippen LogP contribution in [-0.2, 0) is 9.47 Å². The highest BCUT2D eigenvalue weighted by molar-refractivity contribution is 5.90. The summed E-state index contributed by atoms with van der Waals surface area (Å²) in [4.78, 5) is 15.5. The summed E-state index contributed by atoms with van der Waals surface area (Å²) in [5.41, 5.74) is 1.85. The van der Waals surface area contributed by atoms with Gasteiger partial charge in [0, 0.05) is 39.8 Å². The maximum Gasteiger partial charge on any atom is 0.320 e. The van der Waals surface area contributed by atoms with Gasteiger partial charge >= 0.3 is 6.03 Å². The Balaban J connectivity index is 1.55. The first-order valence-electron chi connectivity index (χ1n) is 13.0. The van der Waals surface area contributed by atoms with Gasteiger partial charge in [-0.1, -0.05) is 24.3 Å². The molecular weight excluding hydrogens is 524 g/mol. The lowest BCUT2D eigenvalue weighted by molar-refractivity contribution is 0.0311. The molecule has 216 valence electrons. The number of hydrogen-bond donors (Lipinski definition) is 3. The molecule has 0 unspecified atom stereocenters. The number of aliphatic hydroxyl groups is 1. The lowest BCUT2D eigenvalue weighted by Gasteiger charge is -2.21. The Morgan fingerprint density at radius 1 is 1.10 bits per heavy atom. The highest BCUT2D eigenvalue weighted by Gasteiger charge is 2.35. The number of rotatable bonds is 12.